The van der Waals surface area contributed by atoms with E-state index in [-0.39, 0.29) is 5.76 Å². The van der Waals surface area contributed by atoms with Crippen molar-refractivity contribution in [2.45, 2.75) is 0 Å². The van der Waals surface area contributed by atoms with Crippen molar-refractivity contribution < 1.29 is 19.1 Å². The Kier molecular flexibility index (Phi) is 2.59. The van der Waals surface area contributed by atoms with Crippen molar-refractivity contribution in [3.05, 3.63) is 36.2 Å². The van der Waals surface area contributed by atoms with Crippen LogP contribution in [0.4, 0.5) is 0 Å². The number of furan rings is 1. The molecule has 16 heavy (non-hydrogen) atoms. The Bertz CT molecular complexity index is 501. The minimum Gasteiger partial charge on any atom is -0.495 e. The molecule has 2 rings (SSSR count). The summed E-state index contributed by atoms with van der Waals surface area (Å²) < 4.78 is 10.1. The van der Waals surface area contributed by atoms with Crippen molar-refractivity contribution in [1.82, 2.24) is 4.98 Å². The highest BCUT2D eigenvalue weighted by atomic mass is 16.5. The monoisotopic (exact) mass is 219 g/mol. The first kappa shape index (κ1) is 10.2. The Balaban J connectivity index is 2.31. The van der Waals surface area contributed by atoms with Gasteiger partial charge < -0.3 is 14.3 Å². The average Bonchev–Trinajstić information content (AvgIpc) is 2.78. The summed E-state index contributed by atoms with van der Waals surface area (Å²) in [6, 6.07) is 6.39. The molecule has 2 aromatic rings. The molecule has 0 saturated carbocycles. The Morgan fingerprint density at radius 2 is 2.19 bits per heavy atom. The van der Waals surface area contributed by atoms with E-state index in [0.29, 0.717) is 17.2 Å². The molecule has 2 heterocycles. The number of carboxylic acid groups (broad SMARTS) is 1. The summed E-state index contributed by atoms with van der Waals surface area (Å²) in [5, 5.41) is 8.69. The predicted octanol–water partition coefficient (Wildman–Crippen LogP) is 2.05. The molecule has 2 aromatic heterocycles. The average molecular weight is 219 g/mol. The number of nitrogens with zero attached hydrogens (tertiary/aromatic N) is 1. The van der Waals surface area contributed by atoms with Crippen LogP contribution in [-0.2, 0) is 0 Å². The second-order valence-electron chi connectivity index (χ2n) is 3.05. The smallest absolute Gasteiger partial charge is 0.371 e. The molecule has 1 N–H and O–H groups in total. The standard InChI is InChI=1S/C11H9NO4/c1-15-7-2-3-8(12-6-7)9-4-5-10(16-9)11(13)14/h2-6H,1H3,(H,13,14). The molecule has 0 spiro atoms. The number of hydrogen-bond donors (Lipinski definition) is 1. The van der Waals surface area contributed by atoms with Crippen LogP contribution in [0.3, 0.4) is 0 Å². The lowest BCUT2D eigenvalue weighted by atomic mass is 10.3. The Hall–Kier alpha value is -2.30. The Morgan fingerprint density at radius 3 is 2.69 bits per heavy atom. The van der Waals surface area contributed by atoms with E-state index < -0.39 is 5.97 Å². The van der Waals surface area contributed by atoms with Crippen LogP contribution < -0.4 is 4.74 Å². The zero-order chi connectivity index (χ0) is 11.5. The normalized spacial score (nSPS) is 10.1. The van der Waals surface area contributed by atoms with E-state index in [2.05, 4.69) is 4.98 Å². The molecule has 0 atom stereocenters. The maximum atomic E-state index is 10.6. The lowest BCUT2D eigenvalue weighted by molar-refractivity contribution is 0.0663. The molecule has 0 aliphatic rings. The fourth-order valence-corrected chi connectivity index (χ4v) is 1.24. The van der Waals surface area contributed by atoms with Crippen LogP contribution in [0.1, 0.15) is 10.6 Å². The zero-order valence-electron chi connectivity index (χ0n) is 8.51. The predicted molar refractivity (Wildman–Crippen MR) is 55.5 cm³/mol. The van der Waals surface area contributed by atoms with Gasteiger partial charge in [0, 0.05) is 0 Å². The number of carboxylic acids is 1. The minimum atomic E-state index is -1.10. The third-order valence-electron chi connectivity index (χ3n) is 2.04. The van der Waals surface area contributed by atoms with Crippen molar-refractivity contribution >= 4 is 5.97 Å². The highest BCUT2D eigenvalue weighted by Gasteiger charge is 2.10. The van der Waals surface area contributed by atoms with E-state index in [1.807, 2.05) is 0 Å². The van der Waals surface area contributed by atoms with E-state index >= 15 is 0 Å². The van der Waals surface area contributed by atoms with Gasteiger partial charge in [0.15, 0.2) is 5.76 Å². The lowest BCUT2D eigenvalue weighted by Crippen LogP contribution is -1.91. The molecule has 0 radical (unpaired) electrons. The molecule has 82 valence electrons. The van der Waals surface area contributed by atoms with Crippen molar-refractivity contribution in [3.63, 3.8) is 0 Å². The van der Waals surface area contributed by atoms with Crippen molar-refractivity contribution in [1.29, 1.82) is 0 Å². The van der Waals surface area contributed by atoms with Crippen molar-refractivity contribution in [2.24, 2.45) is 0 Å². The highest BCUT2D eigenvalue weighted by molar-refractivity contribution is 5.85. The van der Waals surface area contributed by atoms with Crippen LogP contribution in [0.5, 0.6) is 5.75 Å². The van der Waals surface area contributed by atoms with Gasteiger partial charge in [-0.2, -0.15) is 0 Å². The molecular weight excluding hydrogens is 210 g/mol. The molecule has 5 nitrogen and oxygen atoms in total. The molecule has 0 bridgehead atoms. The number of rotatable bonds is 3. The maximum absolute atomic E-state index is 10.6. The van der Waals surface area contributed by atoms with Gasteiger partial charge in [0.05, 0.1) is 13.3 Å². The quantitative estimate of drug-likeness (QED) is 0.855. The second kappa shape index (κ2) is 4.06. The third-order valence-corrected chi connectivity index (χ3v) is 2.04. The third kappa shape index (κ3) is 1.88. The van der Waals surface area contributed by atoms with Crippen LogP contribution >= 0.6 is 0 Å². The van der Waals surface area contributed by atoms with E-state index in [1.165, 1.54) is 12.3 Å². The van der Waals surface area contributed by atoms with Gasteiger partial charge in [-0.1, -0.05) is 0 Å². The van der Waals surface area contributed by atoms with Crippen molar-refractivity contribution in [3.8, 4) is 17.2 Å². The van der Waals surface area contributed by atoms with Gasteiger partial charge >= 0.3 is 5.97 Å². The molecule has 0 saturated heterocycles. The van der Waals surface area contributed by atoms with Crippen LogP contribution in [0, 0.1) is 0 Å². The Labute approximate surface area is 91.3 Å². The number of aromatic nitrogens is 1. The topological polar surface area (TPSA) is 72.6 Å². The number of carbonyl (C=O) groups is 1. The Morgan fingerprint density at radius 1 is 1.38 bits per heavy atom. The molecule has 0 aromatic carbocycles. The molecule has 0 fully saturated rings. The van der Waals surface area contributed by atoms with Gasteiger partial charge in [-0.3, -0.25) is 0 Å². The SMILES string of the molecule is COc1ccc(-c2ccc(C(=O)O)o2)nc1. The van der Waals surface area contributed by atoms with Gasteiger partial charge in [-0.05, 0) is 24.3 Å². The second-order valence-corrected chi connectivity index (χ2v) is 3.05. The minimum absolute atomic E-state index is 0.104. The number of pyridine rings is 1. The van der Waals surface area contributed by atoms with E-state index in [0.717, 1.165) is 0 Å². The summed E-state index contributed by atoms with van der Waals surface area (Å²) >= 11 is 0. The van der Waals surface area contributed by atoms with E-state index in [4.69, 9.17) is 14.3 Å². The van der Waals surface area contributed by atoms with Crippen LogP contribution in [0.15, 0.2) is 34.9 Å². The molecule has 0 unspecified atom stereocenters. The number of methoxy groups -OCH3 is 1. The van der Waals surface area contributed by atoms with Crippen molar-refractivity contribution in [2.75, 3.05) is 7.11 Å². The van der Waals surface area contributed by atoms with E-state index in [9.17, 15) is 4.79 Å². The molecule has 0 aliphatic heterocycles. The first-order valence-corrected chi connectivity index (χ1v) is 4.54. The fourth-order valence-electron chi connectivity index (χ4n) is 1.24. The molecule has 5 heteroatoms. The van der Waals surface area contributed by atoms with Crippen LogP contribution in [0.25, 0.3) is 11.5 Å². The van der Waals surface area contributed by atoms with Crippen LogP contribution in [-0.4, -0.2) is 23.2 Å². The van der Waals surface area contributed by atoms with Crippen LogP contribution in [0.2, 0.25) is 0 Å². The summed E-state index contributed by atoms with van der Waals surface area (Å²) in [5.41, 5.74) is 0.563. The zero-order valence-corrected chi connectivity index (χ0v) is 8.51. The first-order chi connectivity index (χ1) is 7.70. The molecule has 0 amide bonds. The molecular formula is C11H9NO4. The fraction of sp³-hybridized carbons (Fsp3) is 0.0909. The first-order valence-electron chi connectivity index (χ1n) is 4.54. The van der Waals surface area contributed by atoms with Gasteiger partial charge in [0.25, 0.3) is 0 Å². The largest absolute Gasteiger partial charge is 0.495 e. The number of hydrogen-bond acceptors (Lipinski definition) is 4. The maximum Gasteiger partial charge on any atom is 0.371 e. The molecule has 0 aliphatic carbocycles. The number of aromatic carboxylic acids is 1. The van der Waals surface area contributed by atoms with Gasteiger partial charge in [-0.15, -0.1) is 0 Å². The van der Waals surface area contributed by atoms with Gasteiger partial charge in [0.1, 0.15) is 11.4 Å². The highest BCUT2D eigenvalue weighted by Crippen LogP contribution is 2.21. The number of ether oxygens (including phenoxy) is 1. The summed E-state index contributed by atoms with van der Waals surface area (Å²) in [4.78, 5) is 14.7. The van der Waals surface area contributed by atoms with Gasteiger partial charge in [-0.25, -0.2) is 9.78 Å². The summed E-state index contributed by atoms with van der Waals surface area (Å²) in [7, 11) is 1.55. The van der Waals surface area contributed by atoms with Gasteiger partial charge in [0.2, 0.25) is 5.76 Å². The summed E-state index contributed by atoms with van der Waals surface area (Å²) in [6.45, 7) is 0. The lowest BCUT2D eigenvalue weighted by Gasteiger charge is -1.99. The summed E-state index contributed by atoms with van der Waals surface area (Å²) in [6.07, 6.45) is 1.54. The summed E-state index contributed by atoms with van der Waals surface area (Å²) in [5.74, 6) is -0.152. The van der Waals surface area contributed by atoms with E-state index in [1.54, 1.807) is 25.3 Å².